The first-order chi connectivity index (χ1) is 7.27. The van der Waals surface area contributed by atoms with Crippen molar-refractivity contribution in [1.82, 2.24) is 4.72 Å². The summed E-state index contributed by atoms with van der Waals surface area (Å²) in [5.41, 5.74) is -1.03. The Morgan fingerprint density at radius 2 is 2.19 bits per heavy atom. The molecule has 16 heavy (non-hydrogen) atoms. The topological polar surface area (TPSA) is 66.4 Å². The van der Waals surface area contributed by atoms with Gasteiger partial charge in [-0.1, -0.05) is 18.5 Å². The molecule has 0 aliphatic carbocycles. The summed E-state index contributed by atoms with van der Waals surface area (Å²) >= 11 is 6.65. The monoisotopic (exact) mass is 283 g/mol. The Labute approximate surface area is 104 Å². The van der Waals surface area contributed by atoms with Crippen LogP contribution in [0.15, 0.2) is 16.3 Å². The van der Waals surface area contributed by atoms with E-state index in [1.807, 2.05) is 0 Å². The lowest BCUT2D eigenvalue weighted by Crippen LogP contribution is -2.39. The number of nitrogens with one attached hydrogen (secondary N) is 1. The SMILES string of the molecule is CCC(C)(O)CNS(=O)(=O)c1ccc(Cl)s1. The largest absolute Gasteiger partial charge is 0.389 e. The number of thiophene rings is 1. The highest BCUT2D eigenvalue weighted by Gasteiger charge is 2.23. The van der Waals surface area contributed by atoms with Crippen molar-refractivity contribution in [2.75, 3.05) is 6.54 Å². The third-order valence-corrected chi connectivity index (χ3v) is 5.34. The number of halogens is 1. The molecule has 0 saturated carbocycles. The van der Waals surface area contributed by atoms with Gasteiger partial charge in [0.1, 0.15) is 4.21 Å². The van der Waals surface area contributed by atoms with Crippen LogP contribution < -0.4 is 4.72 Å². The normalized spacial score (nSPS) is 16.0. The van der Waals surface area contributed by atoms with Crippen molar-refractivity contribution >= 4 is 33.0 Å². The fourth-order valence-corrected chi connectivity index (χ4v) is 3.58. The van der Waals surface area contributed by atoms with E-state index in [2.05, 4.69) is 4.72 Å². The standard InChI is InChI=1S/C9H14ClNO3S2/c1-3-9(2,12)6-11-16(13,14)8-5-4-7(10)15-8/h4-5,11-12H,3,6H2,1-2H3. The van der Waals surface area contributed by atoms with Crippen molar-refractivity contribution in [1.29, 1.82) is 0 Å². The molecule has 0 amide bonds. The molecule has 2 N–H and O–H groups in total. The second-order valence-electron chi connectivity index (χ2n) is 3.73. The molecular weight excluding hydrogens is 270 g/mol. The highest BCUT2D eigenvalue weighted by molar-refractivity contribution is 7.91. The lowest BCUT2D eigenvalue weighted by molar-refractivity contribution is 0.0614. The molecule has 1 rings (SSSR count). The van der Waals surface area contributed by atoms with E-state index < -0.39 is 15.6 Å². The Kier molecular flexibility index (Phi) is 4.36. The maximum absolute atomic E-state index is 11.7. The second-order valence-corrected chi connectivity index (χ2v) is 7.44. The summed E-state index contributed by atoms with van der Waals surface area (Å²) in [5.74, 6) is 0. The summed E-state index contributed by atoms with van der Waals surface area (Å²) in [6.45, 7) is 3.36. The molecule has 0 aromatic carbocycles. The molecule has 1 atom stereocenters. The molecule has 0 radical (unpaired) electrons. The Balaban J connectivity index is 2.74. The number of sulfonamides is 1. The summed E-state index contributed by atoms with van der Waals surface area (Å²) in [6, 6.07) is 2.97. The van der Waals surface area contributed by atoms with Crippen molar-refractivity contribution in [2.24, 2.45) is 0 Å². The van der Waals surface area contributed by atoms with Crippen LogP contribution in [-0.4, -0.2) is 25.7 Å². The number of hydrogen-bond acceptors (Lipinski definition) is 4. The van der Waals surface area contributed by atoms with Gasteiger partial charge in [0.2, 0.25) is 10.0 Å². The van der Waals surface area contributed by atoms with Gasteiger partial charge in [0.25, 0.3) is 0 Å². The van der Waals surface area contributed by atoms with Crippen molar-refractivity contribution < 1.29 is 13.5 Å². The summed E-state index contributed by atoms with van der Waals surface area (Å²) < 4.78 is 26.4. The molecule has 1 aromatic heterocycles. The number of aliphatic hydroxyl groups is 1. The van der Waals surface area contributed by atoms with Crippen LogP contribution in [0, 0.1) is 0 Å². The van der Waals surface area contributed by atoms with Crippen molar-refractivity contribution in [3.05, 3.63) is 16.5 Å². The summed E-state index contributed by atoms with van der Waals surface area (Å²) in [7, 11) is -3.56. The molecule has 1 aromatic rings. The van der Waals surface area contributed by atoms with Crippen LogP contribution in [-0.2, 0) is 10.0 Å². The molecule has 92 valence electrons. The molecule has 0 spiro atoms. The fraction of sp³-hybridized carbons (Fsp3) is 0.556. The molecular formula is C9H14ClNO3S2. The van der Waals surface area contributed by atoms with E-state index in [9.17, 15) is 13.5 Å². The van der Waals surface area contributed by atoms with Gasteiger partial charge in [0.15, 0.2) is 0 Å². The lowest BCUT2D eigenvalue weighted by atomic mass is 10.1. The van der Waals surface area contributed by atoms with E-state index in [0.717, 1.165) is 11.3 Å². The minimum absolute atomic E-state index is 0.0125. The first-order valence-electron chi connectivity index (χ1n) is 4.74. The summed E-state index contributed by atoms with van der Waals surface area (Å²) in [6.07, 6.45) is 0.473. The maximum atomic E-state index is 11.7. The van der Waals surface area contributed by atoms with Crippen LogP contribution in [0.2, 0.25) is 4.34 Å². The molecule has 7 heteroatoms. The zero-order valence-electron chi connectivity index (χ0n) is 9.03. The molecule has 0 aliphatic rings. The van der Waals surface area contributed by atoms with Gasteiger partial charge in [-0.05, 0) is 25.5 Å². The minimum Gasteiger partial charge on any atom is -0.389 e. The minimum atomic E-state index is -3.56. The summed E-state index contributed by atoms with van der Waals surface area (Å²) in [4.78, 5) is 0. The zero-order chi connectivity index (χ0) is 12.4. The van der Waals surface area contributed by atoms with E-state index in [1.165, 1.54) is 12.1 Å². The van der Waals surface area contributed by atoms with Crippen LogP contribution in [0.25, 0.3) is 0 Å². The average molecular weight is 284 g/mol. The van der Waals surface area contributed by atoms with Crippen molar-refractivity contribution in [2.45, 2.75) is 30.1 Å². The molecule has 0 fully saturated rings. The highest BCUT2D eigenvalue weighted by Crippen LogP contribution is 2.25. The summed E-state index contributed by atoms with van der Waals surface area (Å²) in [5, 5.41) is 9.69. The van der Waals surface area contributed by atoms with E-state index in [-0.39, 0.29) is 10.8 Å². The predicted octanol–water partition coefficient (Wildman–Crippen LogP) is 1.84. The number of hydrogen-bond donors (Lipinski definition) is 2. The molecule has 0 saturated heterocycles. The van der Waals surface area contributed by atoms with Crippen LogP contribution in [0.1, 0.15) is 20.3 Å². The van der Waals surface area contributed by atoms with Crippen LogP contribution in [0.4, 0.5) is 0 Å². The first-order valence-corrected chi connectivity index (χ1v) is 7.42. The van der Waals surface area contributed by atoms with Gasteiger partial charge in [-0.3, -0.25) is 0 Å². The van der Waals surface area contributed by atoms with Gasteiger partial charge in [-0.15, -0.1) is 11.3 Å². The maximum Gasteiger partial charge on any atom is 0.250 e. The van der Waals surface area contributed by atoms with Gasteiger partial charge in [-0.25, -0.2) is 13.1 Å². The smallest absolute Gasteiger partial charge is 0.250 e. The Hall–Kier alpha value is -0.140. The van der Waals surface area contributed by atoms with Crippen LogP contribution in [0.5, 0.6) is 0 Å². The fourth-order valence-electron chi connectivity index (χ4n) is 0.889. The molecule has 4 nitrogen and oxygen atoms in total. The van der Waals surface area contributed by atoms with Gasteiger partial charge in [0.05, 0.1) is 9.94 Å². The molecule has 1 heterocycles. The highest BCUT2D eigenvalue weighted by atomic mass is 35.5. The molecule has 0 aliphatic heterocycles. The average Bonchev–Trinajstić information content (AvgIpc) is 2.63. The predicted molar refractivity (Wildman–Crippen MR) is 65.4 cm³/mol. The third-order valence-electron chi connectivity index (χ3n) is 2.22. The Bertz CT molecular complexity index is 453. The molecule has 0 bridgehead atoms. The Morgan fingerprint density at radius 3 is 2.62 bits per heavy atom. The van der Waals surface area contributed by atoms with E-state index in [4.69, 9.17) is 11.6 Å². The van der Waals surface area contributed by atoms with Crippen LogP contribution in [0.3, 0.4) is 0 Å². The molecule has 1 unspecified atom stereocenters. The third kappa shape index (κ3) is 3.71. The van der Waals surface area contributed by atoms with E-state index in [0.29, 0.717) is 10.8 Å². The quantitative estimate of drug-likeness (QED) is 0.866. The van der Waals surface area contributed by atoms with Gasteiger partial charge >= 0.3 is 0 Å². The van der Waals surface area contributed by atoms with E-state index in [1.54, 1.807) is 13.8 Å². The zero-order valence-corrected chi connectivity index (χ0v) is 11.4. The Morgan fingerprint density at radius 1 is 1.56 bits per heavy atom. The van der Waals surface area contributed by atoms with Crippen molar-refractivity contribution in [3.63, 3.8) is 0 Å². The van der Waals surface area contributed by atoms with Gasteiger partial charge in [-0.2, -0.15) is 0 Å². The van der Waals surface area contributed by atoms with Crippen molar-refractivity contribution in [3.8, 4) is 0 Å². The second kappa shape index (κ2) is 5.01. The van der Waals surface area contributed by atoms with E-state index >= 15 is 0 Å². The lowest BCUT2D eigenvalue weighted by Gasteiger charge is -2.21. The number of rotatable bonds is 5. The van der Waals surface area contributed by atoms with Gasteiger partial charge in [0, 0.05) is 6.54 Å². The van der Waals surface area contributed by atoms with Crippen LogP contribution >= 0.6 is 22.9 Å². The van der Waals surface area contributed by atoms with Gasteiger partial charge < -0.3 is 5.11 Å². The first kappa shape index (κ1) is 13.9.